The molecule has 0 unspecified atom stereocenters. The van der Waals surface area contributed by atoms with Crippen LogP contribution < -0.4 is 11.1 Å². The molecule has 4 rings (SSSR count). The average molecular weight is 453 g/mol. The topological polar surface area (TPSA) is 78.7 Å². The second kappa shape index (κ2) is 10.9. The smallest absolute Gasteiger partial charge is 0.244 e. The van der Waals surface area contributed by atoms with Crippen LogP contribution in [0.5, 0.6) is 0 Å². The van der Waals surface area contributed by atoms with Gasteiger partial charge in [-0.15, -0.1) is 0 Å². The molecule has 1 saturated carbocycles. The maximum Gasteiger partial charge on any atom is 0.244 e. The van der Waals surface area contributed by atoms with E-state index in [1.165, 1.54) is 29.8 Å². The van der Waals surface area contributed by atoms with Crippen LogP contribution in [0.1, 0.15) is 42.9 Å². The van der Waals surface area contributed by atoms with Crippen molar-refractivity contribution in [3.05, 3.63) is 71.5 Å². The highest BCUT2D eigenvalue weighted by Crippen LogP contribution is 2.30. The largest absolute Gasteiger partial charge is 0.368 e. The summed E-state index contributed by atoms with van der Waals surface area (Å²) in [5.41, 5.74) is 7.40. The lowest BCUT2D eigenvalue weighted by atomic mass is 9.82. The van der Waals surface area contributed by atoms with Crippen LogP contribution in [-0.2, 0) is 16.1 Å². The summed E-state index contributed by atoms with van der Waals surface area (Å²) in [6.07, 6.45) is 3.89. The van der Waals surface area contributed by atoms with Crippen molar-refractivity contribution < 1.29 is 14.0 Å². The van der Waals surface area contributed by atoms with Crippen molar-refractivity contribution in [1.82, 2.24) is 15.1 Å². The molecule has 176 valence electrons. The van der Waals surface area contributed by atoms with Gasteiger partial charge in [0.25, 0.3) is 0 Å². The summed E-state index contributed by atoms with van der Waals surface area (Å²) in [6.45, 7) is 4.75. The molecule has 0 radical (unpaired) electrons. The van der Waals surface area contributed by atoms with E-state index < -0.39 is 17.8 Å². The van der Waals surface area contributed by atoms with Crippen molar-refractivity contribution in [2.24, 2.45) is 11.7 Å². The molecule has 1 aliphatic carbocycles. The van der Waals surface area contributed by atoms with Crippen molar-refractivity contribution >= 4 is 11.8 Å². The van der Waals surface area contributed by atoms with Crippen LogP contribution >= 0.6 is 0 Å². The fourth-order valence-corrected chi connectivity index (χ4v) is 5.17. The number of nitrogens with zero attached hydrogens (tertiary/aromatic N) is 2. The minimum atomic E-state index is -0.955. The molecule has 2 aromatic carbocycles. The summed E-state index contributed by atoms with van der Waals surface area (Å²) in [4.78, 5) is 30.3. The first-order chi connectivity index (χ1) is 16.0. The molecular weight excluding hydrogens is 419 g/mol. The summed E-state index contributed by atoms with van der Waals surface area (Å²) in [7, 11) is 0. The number of benzene rings is 2. The third-order valence-corrected chi connectivity index (χ3v) is 6.97. The monoisotopic (exact) mass is 452 g/mol. The molecular formula is C26H33FN4O2. The number of carbonyl (C=O) groups excluding carboxylic acids is 2. The zero-order valence-corrected chi connectivity index (χ0v) is 19.0. The van der Waals surface area contributed by atoms with Crippen molar-refractivity contribution in [3.8, 4) is 0 Å². The van der Waals surface area contributed by atoms with E-state index in [0.29, 0.717) is 5.56 Å². The quantitative estimate of drug-likeness (QED) is 0.677. The van der Waals surface area contributed by atoms with Crippen LogP contribution in [0.2, 0.25) is 0 Å². The Morgan fingerprint density at radius 2 is 1.64 bits per heavy atom. The first-order valence-corrected chi connectivity index (χ1v) is 11.9. The van der Waals surface area contributed by atoms with E-state index in [2.05, 4.69) is 39.4 Å². The lowest BCUT2D eigenvalue weighted by Gasteiger charge is -2.44. The lowest BCUT2D eigenvalue weighted by molar-refractivity contribution is -0.133. The molecule has 3 atom stereocenters. The zero-order valence-electron chi connectivity index (χ0n) is 19.0. The van der Waals surface area contributed by atoms with Gasteiger partial charge in [-0.1, -0.05) is 55.3 Å². The van der Waals surface area contributed by atoms with Crippen LogP contribution in [0.4, 0.5) is 4.39 Å². The number of amides is 2. The molecule has 2 amide bonds. The highest BCUT2D eigenvalue weighted by molar-refractivity contribution is 5.88. The van der Waals surface area contributed by atoms with Crippen molar-refractivity contribution in [2.75, 3.05) is 26.2 Å². The van der Waals surface area contributed by atoms with Gasteiger partial charge in [0.2, 0.25) is 11.8 Å². The Hall–Kier alpha value is -2.77. The summed E-state index contributed by atoms with van der Waals surface area (Å²) < 4.78 is 13.3. The number of nitrogens with two attached hydrogens (primary N) is 1. The molecule has 1 saturated heterocycles. The number of hydrogen-bond donors (Lipinski definition) is 2. The fourth-order valence-electron chi connectivity index (χ4n) is 5.17. The molecule has 6 nitrogen and oxygen atoms in total. The number of primary amides is 1. The fraction of sp³-hybridized carbons (Fsp3) is 0.462. The SMILES string of the molecule is NC(=O)[C@@H](NC(=O)[C@@H]1CCCC[C@H]1N1CCN(Cc2ccccc2)CC1)c1ccc(F)cc1. The third kappa shape index (κ3) is 5.97. The zero-order chi connectivity index (χ0) is 23.2. The standard InChI is InChI=1S/C26H33FN4O2/c27-21-12-10-20(11-13-21)24(25(28)32)29-26(33)22-8-4-5-9-23(22)31-16-14-30(15-17-31)18-19-6-2-1-3-7-19/h1-3,6-7,10-13,22-24H,4-5,8-9,14-18H2,(H2,28,32)(H,29,33)/t22-,23-,24+/m1/s1. The number of carbonyl (C=O) groups is 2. The van der Waals surface area contributed by atoms with Crippen LogP contribution in [0, 0.1) is 11.7 Å². The molecule has 2 fully saturated rings. The van der Waals surface area contributed by atoms with Gasteiger partial charge in [-0.25, -0.2) is 4.39 Å². The minimum Gasteiger partial charge on any atom is -0.368 e. The van der Waals surface area contributed by atoms with E-state index in [4.69, 9.17) is 5.73 Å². The Balaban J connectivity index is 1.38. The molecule has 33 heavy (non-hydrogen) atoms. The van der Waals surface area contributed by atoms with Gasteiger partial charge in [0.05, 0.1) is 5.92 Å². The van der Waals surface area contributed by atoms with E-state index in [1.807, 2.05) is 6.07 Å². The molecule has 0 spiro atoms. The molecule has 2 aromatic rings. The van der Waals surface area contributed by atoms with Gasteiger partial charge < -0.3 is 11.1 Å². The van der Waals surface area contributed by atoms with Crippen molar-refractivity contribution in [2.45, 2.75) is 44.3 Å². The Kier molecular flexibility index (Phi) is 7.73. The maximum atomic E-state index is 13.3. The molecule has 2 aliphatic rings. The first-order valence-electron chi connectivity index (χ1n) is 11.9. The molecule has 0 aromatic heterocycles. The summed E-state index contributed by atoms with van der Waals surface area (Å²) in [5.74, 6) is -1.36. The Labute approximate surface area is 194 Å². The van der Waals surface area contributed by atoms with Gasteiger partial charge >= 0.3 is 0 Å². The number of piperazine rings is 1. The summed E-state index contributed by atoms with van der Waals surface area (Å²) in [5, 5.41) is 2.86. The van der Waals surface area contributed by atoms with Gasteiger partial charge in [0.1, 0.15) is 11.9 Å². The third-order valence-electron chi connectivity index (χ3n) is 6.97. The van der Waals surface area contributed by atoms with Gasteiger partial charge in [0.15, 0.2) is 0 Å². The minimum absolute atomic E-state index is 0.139. The van der Waals surface area contributed by atoms with Crippen LogP contribution in [0.15, 0.2) is 54.6 Å². The second-order valence-electron chi connectivity index (χ2n) is 9.15. The summed E-state index contributed by atoms with van der Waals surface area (Å²) >= 11 is 0. The Bertz CT molecular complexity index is 929. The molecule has 1 aliphatic heterocycles. The van der Waals surface area contributed by atoms with E-state index in [9.17, 15) is 14.0 Å². The molecule has 7 heteroatoms. The highest BCUT2D eigenvalue weighted by atomic mass is 19.1. The normalized spacial score (nSPS) is 23.1. The van der Waals surface area contributed by atoms with Crippen LogP contribution in [0.3, 0.4) is 0 Å². The van der Waals surface area contributed by atoms with Crippen LogP contribution in [-0.4, -0.2) is 53.8 Å². The summed E-state index contributed by atoms with van der Waals surface area (Å²) in [6, 6.07) is 15.2. The number of halogens is 1. The predicted octanol–water partition coefficient (Wildman–Crippen LogP) is 2.84. The van der Waals surface area contributed by atoms with Gasteiger partial charge in [-0.3, -0.25) is 19.4 Å². The van der Waals surface area contributed by atoms with Crippen molar-refractivity contribution in [3.63, 3.8) is 0 Å². The van der Waals surface area contributed by atoms with E-state index in [-0.39, 0.29) is 17.9 Å². The molecule has 1 heterocycles. The van der Waals surface area contributed by atoms with E-state index >= 15 is 0 Å². The van der Waals surface area contributed by atoms with Crippen molar-refractivity contribution in [1.29, 1.82) is 0 Å². The first kappa shape index (κ1) is 23.4. The molecule has 3 N–H and O–H groups in total. The number of hydrogen-bond acceptors (Lipinski definition) is 4. The van der Waals surface area contributed by atoms with Gasteiger partial charge in [-0.05, 0) is 36.1 Å². The van der Waals surface area contributed by atoms with Gasteiger partial charge in [-0.2, -0.15) is 0 Å². The van der Waals surface area contributed by atoms with E-state index in [1.54, 1.807) is 0 Å². The Morgan fingerprint density at radius 1 is 0.970 bits per heavy atom. The number of rotatable bonds is 7. The Morgan fingerprint density at radius 3 is 2.30 bits per heavy atom. The lowest BCUT2D eigenvalue weighted by Crippen LogP contribution is -2.55. The van der Waals surface area contributed by atoms with Crippen LogP contribution in [0.25, 0.3) is 0 Å². The highest BCUT2D eigenvalue weighted by Gasteiger charge is 2.37. The number of nitrogens with one attached hydrogen (secondary N) is 1. The second-order valence-corrected chi connectivity index (χ2v) is 9.15. The van der Waals surface area contributed by atoms with Gasteiger partial charge in [0, 0.05) is 38.8 Å². The maximum absolute atomic E-state index is 13.3. The average Bonchev–Trinajstić information content (AvgIpc) is 2.84. The predicted molar refractivity (Wildman–Crippen MR) is 126 cm³/mol. The van der Waals surface area contributed by atoms with E-state index in [0.717, 1.165) is 58.4 Å². The molecule has 0 bridgehead atoms.